The summed E-state index contributed by atoms with van der Waals surface area (Å²) in [5, 5.41) is 9.96. The molecular formula is C12H17NO4. The van der Waals surface area contributed by atoms with E-state index in [1.54, 1.807) is 6.92 Å². The molecule has 0 aliphatic carbocycles. The molecule has 0 amide bonds. The normalized spacial score (nSPS) is 10.3. The third-order valence-corrected chi connectivity index (χ3v) is 2.64. The minimum Gasteiger partial charge on any atom is -0.506 e. The molecule has 1 aromatic heterocycles. The first kappa shape index (κ1) is 13.3. The molecule has 0 bridgehead atoms. The third kappa shape index (κ3) is 2.67. The Labute approximate surface area is 99.4 Å². The largest absolute Gasteiger partial charge is 0.506 e. The van der Waals surface area contributed by atoms with E-state index >= 15 is 0 Å². The molecule has 0 spiro atoms. The monoisotopic (exact) mass is 239 g/mol. The van der Waals surface area contributed by atoms with Crippen molar-refractivity contribution in [1.29, 1.82) is 0 Å². The Morgan fingerprint density at radius 3 is 2.65 bits per heavy atom. The minimum atomic E-state index is -0.644. The molecule has 0 radical (unpaired) electrons. The molecule has 0 saturated heterocycles. The van der Waals surface area contributed by atoms with Crippen molar-refractivity contribution in [3.63, 3.8) is 0 Å². The highest BCUT2D eigenvalue weighted by molar-refractivity contribution is 5.93. The van der Waals surface area contributed by atoms with Gasteiger partial charge in [0, 0.05) is 5.69 Å². The van der Waals surface area contributed by atoms with E-state index in [2.05, 4.69) is 9.72 Å². The maximum absolute atomic E-state index is 11.7. The van der Waals surface area contributed by atoms with Crippen molar-refractivity contribution in [2.75, 3.05) is 7.11 Å². The van der Waals surface area contributed by atoms with Crippen LogP contribution >= 0.6 is 0 Å². The number of hydrogen-bond acceptors (Lipinski definition) is 4. The summed E-state index contributed by atoms with van der Waals surface area (Å²) < 4.78 is 4.58. The van der Waals surface area contributed by atoms with Gasteiger partial charge >= 0.3 is 5.97 Å². The van der Waals surface area contributed by atoms with Gasteiger partial charge < -0.3 is 14.8 Å². The van der Waals surface area contributed by atoms with Crippen LogP contribution in [0.4, 0.5) is 0 Å². The third-order valence-electron chi connectivity index (χ3n) is 2.64. The summed E-state index contributed by atoms with van der Waals surface area (Å²) in [5.41, 5.74) is 0.261. The molecule has 1 rings (SSSR count). The topological polar surface area (TPSA) is 79.4 Å². The SMILES string of the molecule is CCCCc1c(O)c(C(=O)OC)c(C)[nH]c1=O. The Kier molecular flexibility index (Phi) is 4.31. The summed E-state index contributed by atoms with van der Waals surface area (Å²) in [6, 6.07) is 0. The van der Waals surface area contributed by atoms with Gasteiger partial charge in [0.1, 0.15) is 11.3 Å². The van der Waals surface area contributed by atoms with Crippen LogP contribution in [0.25, 0.3) is 0 Å². The highest BCUT2D eigenvalue weighted by Crippen LogP contribution is 2.23. The Balaban J connectivity index is 3.32. The lowest BCUT2D eigenvalue weighted by molar-refractivity contribution is 0.0595. The maximum Gasteiger partial charge on any atom is 0.343 e. The number of rotatable bonds is 4. The minimum absolute atomic E-state index is 0.0400. The number of hydrogen-bond donors (Lipinski definition) is 2. The van der Waals surface area contributed by atoms with E-state index in [-0.39, 0.29) is 22.4 Å². The van der Waals surface area contributed by atoms with Crippen molar-refractivity contribution in [3.05, 3.63) is 27.2 Å². The zero-order chi connectivity index (χ0) is 13.0. The first-order valence-electron chi connectivity index (χ1n) is 5.55. The van der Waals surface area contributed by atoms with Crippen LogP contribution < -0.4 is 5.56 Å². The first-order chi connectivity index (χ1) is 8.02. The molecule has 5 heteroatoms. The van der Waals surface area contributed by atoms with Crippen molar-refractivity contribution >= 4 is 5.97 Å². The van der Waals surface area contributed by atoms with Crippen LogP contribution in [-0.4, -0.2) is 23.2 Å². The first-order valence-corrected chi connectivity index (χ1v) is 5.55. The predicted octanol–water partition coefficient (Wildman–Crippen LogP) is 1.52. The highest BCUT2D eigenvalue weighted by atomic mass is 16.5. The smallest absolute Gasteiger partial charge is 0.343 e. The lowest BCUT2D eigenvalue weighted by atomic mass is 10.0. The zero-order valence-corrected chi connectivity index (χ0v) is 10.3. The van der Waals surface area contributed by atoms with Gasteiger partial charge in [0.2, 0.25) is 0 Å². The van der Waals surface area contributed by atoms with Crippen molar-refractivity contribution < 1.29 is 14.6 Å². The predicted molar refractivity (Wildman–Crippen MR) is 63.4 cm³/mol. The summed E-state index contributed by atoms with van der Waals surface area (Å²) in [6.07, 6.45) is 2.13. The second kappa shape index (κ2) is 5.52. The fourth-order valence-electron chi connectivity index (χ4n) is 1.68. The molecule has 0 aromatic carbocycles. The van der Waals surface area contributed by atoms with Crippen molar-refractivity contribution in [3.8, 4) is 5.75 Å². The molecule has 2 N–H and O–H groups in total. The summed E-state index contributed by atoms with van der Waals surface area (Å²) >= 11 is 0. The molecular weight excluding hydrogens is 222 g/mol. The molecule has 0 aliphatic heterocycles. The van der Waals surface area contributed by atoms with Crippen molar-refractivity contribution in [2.45, 2.75) is 33.1 Å². The fourth-order valence-corrected chi connectivity index (χ4v) is 1.68. The number of aromatic amines is 1. The Morgan fingerprint density at radius 2 is 2.12 bits per heavy atom. The van der Waals surface area contributed by atoms with Crippen molar-refractivity contribution in [1.82, 2.24) is 4.98 Å². The number of aryl methyl sites for hydroxylation is 1. The summed E-state index contributed by atoms with van der Waals surface area (Å²) in [6.45, 7) is 3.54. The van der Waals surface area contributed by atoms with E-state index in [1.807, 2.05) is 6.92 Å². The van der Waals surface area contributed by atoms with Crippen LogP contribution in [0.1, 0.15) is 41.4 Å². The van der Waals surface area contributed by atoms with Crippen LogP contribution in [0.5, 0.6) is 5.75 Å². The number of unbranched alkanes of at least 4 members (excludes halogenated alkanes) is 1. The number of esters is 1. The number of pyridine rings is 1. The molecule has 0 atom stereocenters. The Hall–Kier alpha value is -1.78. The fraction of sp³-hybridized carbons (Fsp3) is 0.500. The van der Waals surface area contributed by atoms with Crippen LogP contribution in [-0.2, 0) is 11.2 Å². The molecule has 0 unspecified atom stereocenters. The van der Waals surface area contributed by atoms with Gasteiger partial charge in [-0.15, -0.1) is 0 Å². The van der Waals surface area contributed by atoms with E-state index in [0.29, 0.717) is 12.1 Å². The van der Waals surface area contributed by atoms with Gasteiger partial charge in [-0.05, 0) is 19.8 Å². The second-order valence-corrected chi connectivity index (χ2v) is 3.88. The number of aromatic nitrogens is 1. The molecule has 0 aliphatic rings. The summed E-state index contributed by atoms with van der Waals surface area (Å²) in [5.74, 6) is -0.902. The maximum atomic E-state index is 11.7. The van der Waals surface area contributed by atoms with Crippen LogP contribution in [0, 0.1) is 6.92 Å². The van der Waals surface area contributed by atoms with Gasteiger partial charge in [0.05, 0.1) is 12.7 Å². The van der Waals surface area contributed by atoms with Gasteiger partial charge in [-0.2, -0.15) is 0 Å². The Bertz CT molecular complexity index is 476. The molecule has 0 saturated carbocycles. The standard InChI is InChI=1S/C12H17NO4/c1-4-5-6-8-10(14)9(12(16)17-3)7(2)13-11(8)15/h4-6H2,1-3H3,(H2,13,14,15). The molecule has 0 fully saturated rings. The van der Waals surface area contributed by atoms with Gasteiger partial charge in [-0.3, -0.25) is 4.79 Å². The number of H-pyrrole nitrogens is 1. The average Bonchev–Trinajstić information content (AvgIpc) is 2.28. The van der Waals surface area contributed by atoms with E-state index in [1.165, 1.54) is 7.11 Å². The zero-order valence-electron chi connectivity index (χ0n) is 10.3. The summed E-state index contributed by atoms with van der Waals surface area (Å²) in [4.78, 5) is 25.7. The average molecular weight is 239 g/mol. The van der Waals surface area contributed by atoms with E-state index < -0.39 is 5.97 Å². The van der Waals surface area contributed by atoms with Crippen LogP contribution in [0.2, 0.25) is 0 Å². The number of carbonyl (C=O) groups is 1. The molecule has 94 valence electrons. The molecule has 1 heterocycles. The number of nitrogens with one attached hydrogen (secondary N) is 1. The molecule has 5 nitrogen and oxygen atoms in total. The molecule has 17 heavy (non-hydrogen) atoms. The van der Waals surface area contributed by atoms with Crippen molar-refractivity contribution in [2.24, 2.45) is 0 Å². The lowest BCUT2D eigenvalue weighted by Crippen LogP contribution is -2.19. The van der Waals surface area contributed by atoms with Gasteiger partial charge in [0.25, 0.3) is 5.56 Å². The highest BCUT2D eigenvalue weighted by Gasteiger charge is 2.20. The van der Waals surface area contributed by atoms with E-state index in [4.69, 9.17) is 0 Å². The van der Waals surface area contributed by atoms with Gasteiger partial charge in [-0.1, -0.05) is 13.3 Å². The number of ether oxygens (including phenoxy) is 1. The Morgan fingerprint density at radius 1 is 1.47 bits per heavy atom. The summed E-state index contributed by atoms with van der Waals surface area (Å²) in [7, 11) is 1.23. The lowest BCUT2D eigenvalue weighted by Gasteiger charge is -2.10. The van der Waals surface area contributed by atoms with E-state index in [0.717, 1.165) is 12.8 Å². The van der Waals surface area contributed by atoms with E-state index in [9.17, 15) is 14.7 Å². The van der Waals surface area contributed by atoms with Gasteiger partial charge in [-0.25, -0.2) is 4.79 Å². The quantitative estimate of drug-likeness (QED) is 0.781. The van der Waals surface area contributed by atoms with Crippen LogP contribution in [0.15, 0.2) is 4.79 Å². The second-order valence-electron chi connectivity index (χ2n) is 3.88. The van der Waals surface area contributed by atoms with Gasteiger partial charge in [0.15, 0.2) is 0 Å². The number of methoxy groups -OCH3 is 1. The number of carbonyl (C=O) groups excluding carboxylic acids is 1. The van der Waals surface area contributed by atoms with Crippen LogP contribution in [0.3, 0.4) is 0 Å². The molecule has 1 aromatic rings. The number of aromatic hydroxyl groups is 1.